The molecule has 1 heterocycles. The number of aliphatic carboxylic acids is 2. The molecule has 0 radical (unpaired) electrons. The van der Waals surface area contributed by atoms with Crippen LogP contribution in [0.2, 0.25) is 0 Å². The molecule has 0 aliphatic rings. The van der Waals surface area contributed by atoms with E-state index in [1.54, 1.807) is 12.3 Å². The van der Waals surface area contributed by atoms with Crippen molar-refractivity contribution in [3.05, 3.63) is 30.1 Å². The number of thioether (sulfide) groups is 1. The number of nitrogens with two attached hydrogens (primary N) is 1. The zero-order valence-corrected chi connectivity index (χ0v) is 15.3. The van der Waals surface area contributed by atoms with Crippen molar-refractivity contribution in [3.63, 3.8) is 0 Å². The molecule has 1 aromatic rings. The lowest BCUT2D eigenvalue weighted by Gasteiger charge is -2.18. The first-order chi connectivity index (χ1) is 12.8. The summed E-state index contributed by atoms with van der Waals surface area (Å²) >= 11 is 1.34. The zero-order chi connectivity index (χ0) is 20.2. The fourth-order valence-corrected chi connectivity index (χ4v) is 2.88. The van der Waals surface area contributed by atoms with Crippen LogP contribution in [0.15, 0.2) is 24.4 Å². The van der Waals surface area contributed by atoms with Gasteiger partial charge in [0.2, 0.25) is 11.8 Å². The van der Waals surface area contributed by atoms with Gasteiger partial charge in [-0.25, -0.2) is 0 Å². The quantitative estimate of drug-likeness (QED) is 0.302. The largest absolute Gasteiger partial charge is 0.480 e. The normalized spacial score (nSPS) is 12.6. The van der Waals surface area contributed by atoms with E-state index >= 15 is 0 Å². The number of rotatable bonds is 12. The lowest BCUT2D eigenvalue weighted by Crippen LogP contribution is -2.49. The average molecular weight is 398 g/mol. The molecule has 6 N–H and O–H groups in total. The molecule has 0 spiro atoms. The summed E-state index contributed by atoms with van der Waals surface area (Å²) in [5.74, 6) is -2.91. The van der Waals surface area contributed by atoms with Gasteiger partial charge in [0.05, 0.1) is 5.69 Å². The zero-order valence-electron chi connectivity index (χ0n) is 14.5. The first-order valence-electron chi connectivity index (χ1n) is 8.04. The Bertz CT molecular complexity index is 658. The highest BCUT2D eigenvalue weighted by Gasteiger charge is 2.22. The Balaban J connectivity index is 2.58. The summed E-state index contributed by atoms with van der Waals surface area (Å²) in [7, 11) is 0. The highest BCUT2D eigenvalue weighted by Crippen LogP contribution is 2.11. The number of carboxylic acid groups (broad SMARTS) is 2. The summed E-state index contributed by atoms with van der Waals surface area (Å²) in [6, 6.07) is 3.28. The van der Waals surface area contributed by atoms with Gasteiger partial charge in [0.15, 0.2) is 0 Å². The van der Waals surface area contributed by atoms with Gasteiger partial charge < -0.3 is 26.6 Å². The molecule has 0 aromatic carbocycles. The maximum absolute atomic E-state index is 12.1. The van der Waals surface area contributed by atoms with Crippen LogP contribution in [0.3, 0.4) is 0 Å². The van der Waals surface area contributed by atoms with E-state index in [0.29, 0.717) is 5.75 Å². The smallest absolute Gasteiger partial charge is 0.322 e. The van der Waals surface area contributed by atoms with Crippen molar-refractivity contribution in [1.29, 1.82) is 0 Å². The summed E-state index contributed by atoms with van der Waals surface area (Å²) < 4.78 is 0. The molecule has 1 rings (SSSR count). The molecule has 1 aromatic heterocycles. The Morgan fingerprint density at radius 1 is 1.22 bits per heavy atom. The van der Waals surface area contributed by atoms with Gasteiger partial charge in [0.1, 0.15) is 18.6 Å². The molecule has 2 atom stereocenters. The van der Waals surface area contributed by atoms with Gasteiger partial charge in [-0.15, -0.1) is 0 Å². The van der Waals surface area contributed by atoms with Crippen LogP contribution in [0.4, 0.5) is 0 Å². The lowest BCUT2D eigenvalue weighted by atomic mass is 10.1. The van der Waals surface area contributed by atoms with E-state index in [1.165, 1.54) is 11.8 Å². The molecule has 148 valence electrons. The minimum absolute atomic E-state index is 0.0777. The van der Waals surface area contributed by atoms with Crippen LogP contribution in [-0.4, -0.2) is 63.3 Å². The molecular formula is C16H22N4O6S. The number of carboxylic acids is 2. The maximum Gasteiger partial charge on any atom is 0.322 e. The Hall–Kier alpha value is -2.66. The van der Waals surface area contributed by atoms with Crippen LogP contribution in [0.25, 0.3) is 0 Å². The molecule has 2 amide bonds. The Morgan fingerprint density at radius 3 is 2.56 bits per heavy atom. The second-order valence-electron chi connectivity index (χ2n) is 5.55. The Morgan fingerprint density at radius 2 is 1.96 bits per heavy atom. The third-order valence-electron chi connectivity index (χ3n) is 3.33. The monoisotopic (exact) mass is 398 g/mol. The number of aromatic nitrogens is 1. The summed E-state index contributed by atoms with van der Waals surface area (Å²) in [4.78, 5) is 49.5. The van der Waals surface area contributed by atoms with Crippen molar-refractivity contribution in [2.45, 2.75) is 30.7 Å². The average Bonchev–Trinajstić information content (AvgIpc) is 2.64. The standard InChI is InChI=1S/C16H22N4O6S/c17-11(16(25)26)4-5-13(21)20-12(15(24)19-7-14(22)23)9-27-8-10-3-1-2-6-18-10/h1-3,6,11-12H,4-5,7-9,17H2,(H,19,24)(H,20,21)(H,22,23)(H,25,26)/t11-,12-/m0/s1. The summed E-state index contributed by atoms with van der Waals surface area (Å²) in [5.41, 5.74) is 6.14. The van der Waals surface area contributed by atoms with Crippen molar-refractivity contribution in [2.24, 2.45) is 5.73 Å². The number of hydrogen-bond donors (Lipinski definition) is 5. The number of pyridine rings is 1. The predicted octanol–water partition coefficient (Wildman–Crippen LogP) is -0.807. The van der Waals surface area contributed by atoms with E-state index in [0.717, 1.165) is 5.69 Å². The van der Waals surface area contributed by atoms with Crippen molar-refractivity contribution in [2.75, 3.05) is 12.3 Å². The molecule has 11 heteroatoms. The molecule has 10 nitrogen and oxygen atoms in total. The summed E-state index contributed by atoms with van der Waals surface area (Å²) in [6.07, 6.45) is 1.40. The van der Waals surface area contributed by atoms with Crippen LogP contribution in [0.1, 0.15) is 18.5 Å². The first kappa shape index (κ1) is 22.4. The topological polar surface area (TPSA) is 172 Å². The number of nitrogens with one attached hydrogen (secondary N) is 2. The summed E-state index contributed by atoms with van der Waals surface area (Å²) in [5, 5.41) is 22.1. The number of hydrogen-bond acceptors (Lipinski definition) is 7. The Kier molecular flexibility index (Phi) is 9.83. The molecule has 27 heavy (non-hydrogen) atoms. The van der Waals surface area contributed by atoms with E-state index in [2.05, 4.69) is 15.6 Å². The lowest BCUT2D eigenvalue weighted by molar-refractivity contribution is -0.139. The minimum atomic E-state index is -1.22. The van der Waals surface area contributed by atoms with Crippen LogP contribution in [0, 0.1) is 0 Å². The highest BCUT2D eigenvalue weighted by atomic mass is 32.2. The van der Waals surface area contributed by atoms with Crippen molar-refractivity contribution in [3.8, 4) is 0 Å². The van der Waals surface area contributed by atoms with Crippen molar-refractivity contribution in [1.82, 2.24) is 15.6 Å². The summed E-state index contributed by atoms with van der Waals surface area (Å²) in [6.45, 7) is -0.569. The van der Waals surface area contributed by atoms with Gasteiger partial charge in [-0.2, -0.15) is 11.8 Å². The molecule has 0 aliphatic carbocycles. The van der Waals surface area contributed by atoms with Crippen LogP contribution < -0.4 is 16.4 Å². The Labute approximate surface area is 159 Å². The minimum Gasteiger partial charge on any atom is -0.480 e. The number of carbonyl (C=O) groups excluding carboxylic acids is 2. The predicted molar refractivity (Wildman–Crippen MR) is 97.8 cm³/mol. The van der Waals surface area contributed by atoms with Gasteiger partial charge in [0.25, 0.3) is 0 Å². The number of amides is 2. The van der Waals surface area contributed by atoms with Gasteiger partial charge >= 0.3 is 11.9 Å². The molecule has 0 fully saturated rings. The number of nitrogens with zero attached hydrogens (tertiary/aromatic N) is 1. The van der Waals surface area contributed by atoms with Crippen LogP contribution in [0.5, 0.6) is 0 Å². The third-order valence-corrected chi connectivity index (χ3v) is 4.39. The third kappa shape index (κ3) is 9.56. The van der Waals surface area contributed by atoms with E-state index in [9.17, 15) is 19.2 Å². The maximum atomic E-state index is 12.1. The SMILES string of the molecule is N[C@@H](CCC(=O)N[C@@H](CSCc1ccccn1)C(=O)NCC(=O)O)C(=O)O. The molecule has 0 aliphatic heterocycles. The van der Waals surface area contributed by atoms with E-state index in [4.69, 9.17) is 15.9 Å². The molecule has 0 bridgehead atoms. The molecular weight excluding hydrogens is 376 g/mol. The van der Waals surface area contributed by atoms with Gasteiger partial charge in [-0.1, -0.05) is 6.07 Å². The fourth-order valence-electron chi connectivity index (χ4n) is 1.91. The van der Waals surface area contributed by atoms with E-state index in [-0.39, 0.29) is 18.6 Å². The second-order valence-corrected chi connectivity index (χ2v) is 6.58. The molecule has 0 saturated heterocycles. The first-order valence-corrected chi connectivity index (χ1v) is 9.20. The van der Waals surface area contributed by atoms with Gasteiger partial charge in [0, 0.05) is 24.1 Å². The highest BCUT2D eigenvalue weighted by molar-refractivity contribution is 7.98. The number of carbonyl (C=O) groups is 4. The van der Waals surface area contributed by atoms with Crippen LogP contribution >= 0.6 is 11.8 Å². The van der Waals surface area contributed by atoms with Gasteiger partial charge in [-0.3, -0.25) is 24.2 Å². The van der Waals surface area contributed by atoms with E-state index in [1.807, 2.05) is 12.1 Å². The molecule has 0 saturated carbocycles. The van der Waals surface area contributed by atoms with Gasteiger partial charge in [-0.05, 0) is 18.6 Å². The fraction of sp³-hybridized carbons (Fsp3) is 0.438. The second kappa shape index (κ2) is 11.9. The van der Waals surface area contributed by atoms with E-state index < -0.39 is 42.4 Å². The van der Waals surface area contributed by atoms with Crippen molar-refractivity contribution < 1.29 is 29.4 Å². The molecule has 0 unspecified atom stereocenters. The van der Waals surface area contributed by atoms with Crippen LogP contribution in [-0.2, 0) is 24.9 Å². The van der Waals surface area contributed by atoms with Crippen molar-refractivity contribution >= 4 is 35.5 Å².